The van der Waals surface area contributed by atoms with E-state index in [0.717, 1.165) is 16.7 Å². The van der Waals surface area contributed by atoms with Gasteiger partial charge in [0.15, 0.2) is 17.2 Å². The van der Waals surface area contributed by atoms with Crippen molar-refractivity contribution < 1.29 is 18.0 Å². The third-order valence-corrected chi connectivity index (χ3v) is 3.72. The smallest absolute Gasteiger partial charge is 0.382 e. The number of alkyl halides is 3. The average molecular weight is 331 g/mol. The maximum Gasteiger partial charge on any atom is 0.434 e. The Bertz CT molecular complexity index is 673. The van der Waals surface area contributed by atoms with Crippen LogP contribution in [0.2, 0.25) is 0 Å². The third kappa shape index (κ3) is 3.50. The molecule has 3 N–H and O–H groups in total. The molecule has 2 rings (SSSR count). The number of nitrogens with two attached hydrogens (primary N) is 1. The van der Waals surface area contributed by atoms with Crippen molar-refractivity contribution in [3.63, 3.8) is 0 Å². The van der Waals surface area contributed by atoms with E-state index in [-0.39, 0.29) is 16.5 Å². The summed E-state index contributed by atoms with van der Waals surface area (Å²) in [6, 6.07) is -0.657. The molecule has 0 saturated carbocycles. The Hall–Kier alpha value is -2.23. The summed E-state index contributed by atoms with van der Waals surface area (Å²) in [6.45, 7) is 1.72. The molecule has 0 spiro atoms. The van der Waals surface area contributed by atoms with Crippen LogP contribution in [0.25, 0.3) is 0 Å². The number of aromatic nitrogens is 3. The fourth-order valence-electron chi connectivity index (χ4n) is 1.67. The van der Waals surface area contributed by atoms with E-state index in [1.54, 1.807) is 6.92 Å². The fraction of sp³-hybridized carbons (Fsp3) is 0.333. The molecule has 0 aliphatic heterocycles. The van der Waals surface area contributed by atoms with Crippen LogP contribution in [0.3, 0.4) is 0 Å². The standard InChI is InChI=1S/C12H12F3N5OS/c1-2-6(11-20-7(5-22-11)12(13,14)15)19-10(21)8-9(16)18-4-3-17-8/h3-6H,2H2,1H3,(H2,16,18)(H,19,21)/t6-/m0/s1. The molecule has 2 aromatic rings. The molecule has 22 heavy (non-hydrogen) atoms. The molecule has 0 fully saturated rings. The molecule has 1 atom stereocenters. The normalized spacial score (nSPS) is 12.9. The van der Waals surface area contributed by atoms with Crippen LogP contribution in [0, 0.1) is 0 Å². The number of hydrogen-bond acceptors (Lipinski definition) is 6. The van der Waals surface area contributed by atoms with Gasteiger partial charge in [0.25, 0.3) is 5.91 Å². The van der Waals surface area contributed by atoms with Crippen LogP contribution >= 0.6 is 11.3 Å². The zero-order valence-electron chi connectivity index (χ0n) is 11.4. The second-order valence-corrected chi connectivity index (χ2v) is 5.18. The molecular weight excluding hydrogens is 319 g/mol. The van der Waals surface area contributed by atoms with Gasteiger partial charge in [-0.15, -0.1) is 11.3 Å². The van der Waals surface area contributed by atoms with Gasteiger partial charge in [-0.25, -0.2) is 15.0 Å². The van der Waals surface area contributed by atoms with Gasteiger partial charge in [0.2, 0.25) is 0 Å². The first-order chi connectivity index (χ1) is 10.3. The van der Waals surface area contributed by atoms with Gasteiger partial charge < -0.3 is 11.1 Å². The Kier molecular flexibility index (Phi) is 4.59. The third-order valence-electron chi connectivity index (χ3n) is 2.77. The number of halogens is 3. The summed E-state index contributed by atoms with van der Waals surface area (Å²) in [5, 5.41) is 3.65. The van der Waals surface area contributed by atoms with Crippen LogP contribution < -0.4 is 11.1 Å². The first kappa shape index (κ1) is 16.1. The van der Waals surface area contributed by atoms with Gasteiger partial charge in [-0.05, 0) is 6.42 Å². The zero-order valence-corrected chi connectivity index (χ0v) is 12.2. The molecule has 2 heterocycles. The van der Waals surface area contributed by atoms with Gasteiger partial charge in [-0.3, -0.25) is 4.79 Å². The second kappa shape index (κ2) is 6.26. The summed E-state index contributed by atoms with van der Waals surface area (Å²) in [4.78, 5) is 23.1. The van der Waals surface area contributed by atoms with Crippen molar-refractivity contribution >= 4 is 23.1 Å². The molecule has 0 aliphatic rings. The maximum atomic E-state index is 12.6. The monoisotopic (exact) mass is 331 g/mol. The number of carbonyl (C=O) groups is 1. The highest BCUT2D eigenvalue weighted by molar-refractivity contribution is 7.09. The minimum atomic E-state index is -4.51. The van der Waals surface area contributed by atoms with E-state index in [9.17, 15) is 18.0 Å². The van der Waals surface area contributed by atoms with E-state index in [1.807, 2.05) is 0 Å². The van der Waals surface area contributed by atoms with Gasteiger partial charge in [0.05, 0.1) is 6.04 Å². The fourth-order valence-corrected chi connectivity index (χ4v) is 2.63. The predicted molar refractivity (Wildman–Crippen MR) is 74.1 cm³/mol. The number of thiazole rings is 1. The molecule has 6 nitrogen and oxygen atoms in total. The van der Waals surface area contributed by atoms with Crippen molar-refractivity contribution in [1.29, 1.82) is 0 Å². The summed E-state index contributed by atoms with van der Waals surface area (Å²) in [7, 11) is 0. The first-order valence-electron chi connectivity index (χ1n) is 6.23. The van der Waals surface area contributed by atoms with Gasteiger partial charge >= 0.3 is 6.18 Å². The number of nitrogens with zero attached hydrogens (tertiary/aromatic N) is 3. The number of anilines is 1. The predicted octanol–water partition coefficient (Wildman–Crippen LogP) is 2.42. The van der Waals surface area contributed by atoms with E-state index < -0.39 is 23.8 Å². The summed E-state index contributed by atoms with van der Waals surface area (Å²) >= 11 is 0.837. The van der Waals surface area contributed by atoms with E-state index in [0.29, 0.717) is 6.42 Å². The minimum Gasteiger partial charge on any atom is -0.382 e. The summed E-state index contributed by atoms with van der Waals surface area (Å²) in [6.07, 6.45) is -1.50. The second-order valence-electron chi connectivity index (χ2n) is 4.29. The lowest BCUT2D eigenvalue weighted by Crippen LogP contribution is -2.29. The van der Waals surface area contributed by atoms with Crippen LogP contribution in [-0.2, 0) is 6.18 Å². The van der Waals surface area contributed by atoms with E-state index in [4.69, 9.17) is 5.73 Å². The van der Waals surface area contributed by atoms with E-state index >= 15 is 0 Å². The molecule has 10 heteroatoms. The van der Waals surface area contributed by atoms with Crippen LogP contribution in [0.5, 0.6) is 0 Å². The number of carbonyl (C=O) groups excluding carboxylic acids is 1. The van der Waals surface area contributed by atoms with Crippen LogP contribution in [-0.4, -0.2) is 20.9 Å². The summed E-state index contributed by atoms with van der Waals surface area (Å²) in [5.41, 5.74) is 4.49. The molecule has 118 valence electrons. The number of rotatable bonds is 4. The van der Waals surface area contributed by atoms with Crippen LogP contribution in [0.4, 0.5) is 19.0 Å². The number of nitrogen functional groups attached to an aromatic ring is 1. The molecule has 0 radical (unpaired) electrons. The average Bonchev–Trinajstić information content (AvgIpc) is 2.94. The molecule has 2 aromatic heterocycles. The van der Waals surface area contributed by atoms with Crippen LogP contribution in [0.15, 0.2) is 17.8 Å². The van der Waals surface area contributed by atoms with Crippen molar-refractivity contribution in [1.82, 2.24) is 20.3 Å². The number of nitrogens with one attached hydrogen (secondary N) is 1. The Morgan fingerprint density at radius 1 is 1.41 bits per heavy atom. The van der Waals surface area contributed by atoms with Gasteiger partial charge in [-0.2, -0.15) is 13.2 Å². The Morgan fingerprint density at radius 3 is 2.64 bits per heavy atom. The molecule has 1 amide bonds. The highest BCUT2D eigenvalue weighted by Crippen LogP contribution is 2.32. The molecule has 0 aromatic carbocycles. The van der Waals surface area contributed by atoms with Crippen molar-refractivity contribution in [2.75, 3.05) is 5.73 Å². The Balaban J connectivity index is 2.18. The van der Waals surface area contributed by atoms with Crippen molar-refractivity contribution in [2.45, 2.75) is 25.6 Å². The molecule has 0 unspecified atom stereocenters. The maximum absolute atomic E-state index is 12.6. The number of amides is 1. The van der Waals surface area contributed by atoms with E-state index in [2.05, 4.69) is 20.3 Å². The molecule has 0 aliphatic carbocycles. The Morgan fingerprint density at radius 2 is 2.09 bits per heavy atom. The van der Waals surface area contributed by atoms with Crippen LogP contribution in [0.1, 0.15) is 40.6 Å². The van der Waals surface area contributed by atoms with Gasteiger partial charge in [0, 0.05) is 17.8 Å². The topological polar surface area (TPSA) is 93.8 Å². The zero-order chi connectivity index (χ0) is 16.3. The molecule has 0 saturated heterocycles. The quantitative estimate of drug-likeness (QED) is 0.897. The highest BCUT2D eigenvalue weighted by atomic mass is 32.1. The van der Waals surface area contributed by atoms with Crippen molar-refractivity contribution in [3.8, 4) is 0 Å². The largest absolute Gasteiger partial charge is 0.434 e. The SMILES string of the molecule is CC[C@H](NC(=O)c1nccnc1N)c1nc(C(F)(F)F)cs1. The highest BCUT2D eigenvalue weighted by Gasteiger charge is 2.34. The summed E-state index contributed by atoms with van der Waals surface area (Å²) in [5.74, 6) is -0.661. The number of hydrogen-bond donors (Lipinski definition) is 2. The van der Waals surface area contributed by atoms with E-state index in [1.165, 1.54) is 12.4 Å². The van der Waals surface area contributed by atoms with Crippen molar-refractivity contribution in [3.05, 3.63) is 34.2 Å². The van der Waals surface area contributed by atoms with Gasteiger partial charge in [0.1, 0.15) is 5.01 Å². The lowest BCUT2D eigenvalue weighted by atomic mass is 10.2. The lowest BCUT2D eigenvalue weighted by Gasteiger charge is -2.14. The summed E-state index contributed by atoms with van der Waals surface area (Å²) < 4.78 is 37.7. The van der Waals surface area contributed by atoms with Crippen molar-refractivity contribution in [2.24, 2.45) is 0 Å². The Labute approximate surface area is 127 Å². The minimum absolute atomic E-state index is 0.0510. The molecule has 0 bridgehead atoms. The molecular formula is C12H12F3N5OS. The van der Waals surface area contributed by atoms with Gasteiger partial charge in [-0.1, -0.05) is 6.92 Å². The lowest BCUT2D eigenvalue weighted by molar-refractivity contribution is -0.140. The first-order valence-corrected chi connectivity index (χ1v) is 7.10.